The van der Waals surface area contributed by atoms with Crippen molar-refractivity contribution in [3.05, 3.63) is 0 Å². The quantitative estimate of drug-likeness (QED) is 0.834. The van der Waals surface area contributed by atoms with E-state index in [0.717, 1.165) is 25.7 Å². The Labute approximate surface area is 120 Å². The van der Waals surface area contributed by atoms with E-state index in [0.29, 0.717) is 30.6 Å². The third-order valence-corrected chi connectivity index (χ3v) is 5.97. The maximum absolute atomic E-state index is 12.5. The van der Waals surface area contributed by atoms with Crippen molar-refractivity contribution in [3.8, 4) is 0 Å². The fourth-order valence-corrected chi connectivity index (χ4v) is 4.54. The average Bonchev–Trinajstić information content (AvgIpc) is 3.03. The first-order valence-corrected chi connectivity index (χ1v) is 8.05. The Bertz CT molecular complexity index is 412. The molecule has 4 nitrogen and oxygen atoms in total. The van der Waals surface area contributed by atoms with Gasteiger partial charge < -0.3 is 10.4 Å². The number of carboxylic acid groups (broad SMARTS) is 1. The molecule has 0 spiro atoms. The predicted octanol–water partition coefficient (Wildman–Crippen LogP) is 2.57. The number of hydrogen-bond donors (Lipinski definition) is 2. The number of carbonyl (C=O) groups is 2. The van der Waals surface area contributed by atoms with Crippen LogP contribution in [0.4, 0.5) is 0 Å². The summed E-state index contributed by atoms with van der Waals surface area (Å²) in [6.07, 6.45) is 7.51. The molecular weight excluding hydrogens is 254 g/mol. The summed E-state index contributed by atoms with van der Waals surface area (Å²) in [5.41, 5.74) is -0.995. The van der Waals surface area contributed by atoms with Crippen LogP contribution in [0, 0.1) is 23.7 Å². The van der Waals surface area contributed by atoms with Crippen LogP contribution in [-0.2, 0) is 9.59 Å². The molecule has 3 unspecified atom stereocenters. The Balaban J connectivity index is 1.67. The highest BCUT2D eigenvalue weighted by molar-refractivity contribution is 5.88. The van der Waals surface area contributed by atoms with E-state index in [2.05, 4.69) is 12.2 Å². The summed E-state index contributed by atoms with van der Waals surface area (Å²) in [4.78, 5) is 24.2. The molecule has 112 valence electrons. The summed E-state index contributed by atoms with van der Waals surface area (Å²) < 4.78 is 0. The predicted molar refractivity (Wildman–Crippen MR) is 75.1 cm³/mol. The Morgan fingerprint density at radius 1 is 1.10 bits per heavy atom. The highest BCUT2D eigenvalue weighted by Crippen LogP contribution is 2.48. The van der Waals surface area contributed by atoms with Gasteiger partial charge in [0.1, 0.15) is 5.54 Å². The zero-order valence-corrected chi connectivity index (χ0v) is 12.2. The number of fused-ring (bicyclic) bond motifs is 2. The molecule has 3 aliphatic rings. The lowest BCUT2D eigenvalue weighted by atomic mass is 9.76. The van der Waals surface area contributed by atoms with Crippen molar-refractivity contribution in [1.29, 1.82) is 0 Å². The molecule has 0 aromatic rings. The molecule has 3 rings (SSSR count). The van der Waals surface area contributed by atoms with Crippen molar-refractivity contribution in [3.63, 3.8) is 0 Å². The SMILES string of the molecule is CC1CCC(NC(=O)C2CC3CCC2C3)(C(=O)O)CC1. The summed E-state index contributed by atoms with van der Waals surface area (Å²) in [6.45, 7) is 2.16. The third kappa shape index (κ3) is 2.33. The van der Waals surface area contributed by atoms with Crippen molar-refractivity contribution in [2.75, 3.05) is 0 Å². The summed E-state index contributed by atoms with van der Waals surface area (Å²) in [7, 11) is 0. The molecule has 3 saturated carbocycles. The molecule has 2 bridgehead atoms. The first kappa shape index (κ1) is 13.9. The monoisotopic (exact) mass is 279 g/mol. The molecular formula is C16H25NO3. The van der Waals surface area contributed by atoms with Gasteiger partial charge in [0.05, 0.1) is 0 Å². The number of carboxylic acids is 1. The van der Waals surface area contributed by atoms with Gasteiger partial charge in [0.15, 0.2) is 0 Å². The minimum atomic E-state index is -0.995. The van der Waals surface area contributed by atoms with E-state index in [1.807, 2.05) is 0 Å². The van der Waals surface area contributed by atoms with E-state index < -0.39 is 11.5 Å². The van der Waals surface area contributed by atoms with Crippen molar-refractivity contribution in [2.24, 2.45) is 23.7 Å². The third-order valence-electron chi connectivity index (χ3n) is 5.97. The van der Waals surface area contributed by atoms with Crippen LogP contribution in [-0.4, -0.2) is 22.5 Å². The zero-order valence-electron chi connectivity index (χ0n) is 12.2. The summed E-state index contributed by atoms with van der Waals surface area (Å²) in [5, 5.41) is 12.5. The van der Waals surface area contributed by atoms with Crippen molar-refractivity contribution in [1.82, 2.24) is 5.32 Å². The second-order valence-corrected chi connectivity index (χ2v) is 7.34. The minimum absolute atomic E-state index is 0.00848. The lowest BCUT2D eigenvalue weighted by molar-refractivity contribution is -0.150. The van der Waals surface area contributed by atoms with Gasteiger partial charge in [0.25, 0.3) is 0 Å². The van der Waals surface area contributed by atoms with Crippen molar-refractivity contribution in [2.45, 2.75) is 63.8 Å². The van der Waals surface area contributed by atoms with Crippen molar-refractivity contribution >= 4 is 11.9 Å². The normalized spacial score (nSPS) is 43.5. The van der Waals surface area contributed by atoms with Gasteiger partial charge in [-0.15, -0.1) is 0 Å². The number of aliphatic carboxylic acids is 1. The first-order chi connectivity index (χ1) is 9.50. The molecule has 2 N–H and O–H groups in total. The summed E-state index contributed by atoms with van der Waals surface area (Å²) in [5.74, 6) is 1.03. The fourth-order valence-electron chi connectivity index (χ4n) is 4.54. The highest BCUT2D eigenvalue weighted by Gasteiger charge is 2.47. The highest BCUT2D eigenvalue weighted by atomic mass is 16.4. The number of carbonyl (C=O) groups excluding carboxylic acids is 1. The number of rotatable bonds is 3. The Kier molecular flexibility index (Phi) is 3.51. The second-order valence-electron chi connectivity index (χ2n) is 7.34. The standard InChI is InChI=1S/C16H25NO3/c1-10-4-6-16(7-5-10,15(19)20)17-14(18)13-9-11-2-3-12(13)8-11/h10-13H,2-9H2,1H3,(H,17,18)(H,19,20). The maximum atomic E-state index is 12.5. The molecule has 0 aromatic heterocycles. The lowest BCUT2D eigenvalue weighted by Crippen LogP contribution is -2.57. The van der Waals surface area contributed by atoms with Crippen molar-refractivity contribution < 1.29 is 14.7 Å². The van der Waals surface area contributed by atoms with Crippen LogP contribution < -0.4 is 5.32 Å². The van der Waals surface area contributed by atoms with Crippen LogP contribution in [0.15, 0.2) is 0 Å². The van der Waals surface area contributed by atoms with Crippen LogP contribution >= 0.6 is 0 Å². The molecule has 0 saturated heterocycles. The molecule has 20 heavy (non-hydrogen) atoms. The second kappa shape index (κ2) is 5.05. The van der Waals surface area contributed by atoms with Gasteiger partial charge in [-0.1, -0.05) is 13.3 Å². The Hall–Kier alpha value is -1.06. The first-order valence-electron chi connectivity index (χ1n) is 8.05. The molecule has 0 aromatic carbocycles. The number of amides is 1. The van der Waals surface area contributed by atoms with E-state index in [-0.39, 0.29) is 11.8 Å². The van der Waals surface area contributed by atoms with Crippen LogP contribution in [0.5, 0.6) is 0 Å². The molecule has 0 radical (unpaired) electrons. The topological polar surface area (TPSA) is 66.4 Å². The van der Waals surface area contributed by atoms with Gasteiger partial charge in [0, 0.05) is 5.92 Å². The van der Waals surface area contributed by atoms with Gasteiger partial charge in [-0.2, -0.15) is 0 Å². The van der Waals surface area contributed by atoms with Crippen LogP contribution in [0.2, 0.25) is 0 Å². The smallest absolute Gasteiger partial charge is 0.329 e. The largest absolute Gasteiger partial charge is 0.480 e. The van der Waals surface area contributed by atoms with E-state index in [9.17, 15) is 14.7 Å². The van der Waals surface area contributed by atoms with Crippen LogP contribution in [0.25, 0.3) is 0 Å². The molecule has 3 fully saturated rings. The molecule has 3 aliphatic carbocycles. The molecule has 3 atom stereocenters. The molecule has 0 aliphatic heterocycles. The van der Waals surface area contributed by atoms with Crippen LogP contribution in [0.1, 0.15) is 58.3 Å². The van der Waals surface area contributed by atoms with E-state index in [1.165, 1.54) is 12.8 Å². The van der Waals surface area contributed by atoms with Gasteiger partial charge in [-0.05, 0) is 62.7 Å². The van der Waals surface area contributed by atoms with Gasteiger partial charge in [-0.25, -0.2) is 4.79 Å². The van der Waals surface area contributed by atoms with Crippen LogP contribution in [0.3, 0.4) is 0 Å². The Morgan fingerprint density at radius 2 is 1.80 bits per heavy atom. The van der Waals surface area contributed by atoms with E-state index >= 15 is 0 Å². The zero-order chi connectivity index (χ0) is 14.3. The molecule has 0 heterocycles. The fraction of sp³-hybridized carbons (Fsp3) is 0.875. The Morgan fingerprint density at radius 3 is 2.30 bits per heavy atom. The van der Waals surface area contributed by atoms with Gasteiger partial charge >= 0.3 is 5.97 Å². The summed E-state index contributed by atoms with van der Waals surface area (Å²) >= 11 is 0. The van der Waals surface area contributed by atoms with E-state index in [4.69, 9.17) is 0 Å². The average molecular weight is 279 g/mol. The number of nitrogens with one attached hydrogen (secondary N) is 1. The molecule has 1 amide bonds. The van der Waals surface area contributed by atoms with Gasteiger partial charge in [-0.3, -0.25) is 4.79 Å². The molecule has 4 heteroatoms. The van der Waals surface area contributed by atoms with Gasteiger partial charge in [0.2, 0.25) is 5.91 Å². The number of hydrogen-bond acceptors (Lipinski definition) is 2. The van der Waals surface area contributed by atoms with E-state index in [1.54, 1.807) is 0 Å². The minimum Gasteiger partial charge on any atom is -0.480 e. The lowest BCUT2D eigenvalue weighted by Gasteiger charge is -2.37. The maximum Gasteiger partial charge on any atom is 0.329 e. The summed E-state index contributed by atoms with van der Waals surface area (Å²) in [6, 6.07) is 0.